The van der Waals surface area contributed by atoms with Gasteiger partial charge in [0.15, 0.2) is 12.4 Å². The normalized spacial score (nSPS) is 11.4. The molecule has 224 valence electrons. The van der Waals surface area contributed by atoms with Gasteiger partial charge in [-0.1, -0.05) is 35.3 Å². The number of carbonyl (C=O) groups is 1. The van der Waals surface area contributed by atoms with Crippen molar-refractivity contribution in [3.8, 4) is 17.3 Å². The van der Waals surface area contributed by atoms with E-state index in [1.807, 2.05) is 0 Å². The number of anilines is 1. The van der Waals surface area contributed by atoms with Gasteiger partial charge in [0.2, 0.25) is 11.6 Å². The Hall–Kier alpha value is -5.04. The molecule has 2 aromatic heterocycles. The van der Waals surface area contributed by atoms with E-state index in [2.05, 4.69) is 31.3 Å². The molecule has 1 amide bonds. The van der Waals surface area contributed by atoms with Crippen LogP contribution in [-0.2, 0) is 4.79 Å². The second-order valence-electron chi connectivity index (χ2n) is 9.56. The maximum absolute atomic E-state index is 13.6. The van der Waals surface area contributed by atoms with E-state index in [0.29, 0.717) is 37.6 Å². The fraction of sp³-hybridized carbons (Fsp3) is 0.0323. The molecule has 0 aliphatic rings. The lowest BCUT2D eigenvalue weighted by Gasteiger charge is -2.10. The molecule has 0 radical (unpaired) electrons. The maximum atomic E-state index is 13.6. The van der Waals surface area contributed by atoms with Gasteiger partial charge >= 0.3 is 5.69 Å². The summed E-state index contributed by atoms with van der Waals surface area (Å²) in [6.45, 7) is -0.500. The lowest BCUT2D eigenvalue weighted by atomic mass is 10.2. The first-order valence-corrected chi connectivity index (χ1v) is 14.6. The number of nitro benzene ring substituents is 1. The Morgan fingerprint density at radius 3 is 2.60 bits per heavy atom. The van der Waals surface area contributed by atoms with Crippen LogP contribution < -0.4 is 15.6 Å². The average Bonchev–Trinajstić information content (AvgIpc) is 3.44. The number of ether oxygens (including phenoxy) is 1. The number of fused-ring (bicyclic) bond motifs is 2. The van der Waals surface area contributed by atoms with Crippen LogP contribution in [0.4, 0.5) is 11.4 Å². The highest BCUT2D eigenvalue weighted by Gasteiger charge is 2.22. The highest BCUT2D eigenvalue weighted by atomic mass is 79.9. The number of nitro groups is 1. The molecule has 6 aromatic rings. The number of hydrogen-bond acceptors (Lipinski definition) is 8. The predicted octanol–water partition coefficient (Wildman–Crippen LogP) is 7.69. The van der Waals surface area contributed by atoms with Crippen molar-refractivity contribution in [2.24, 2.45) is 5.10 Å². The number of aromatic nitrogens is 2. The fourth-order valence-corrected chi connectivity index (χ4v) is 5.35. The Morgan fingerprint density at radius 1 is 1.07 bits per heavy atom. The summed E-state index contributed by atoms with van der Waals surface area (Å²) in [6.07, 6.45) is 1.27. The standard InChI is InChI=1S/C31H18BrCl2N5O6/c32-23-11-17(12-25(39(42)43)29(23)44-16-28(40)36-21-8-5-19(33)6-9-21)15-35-38-30(37-24-4-2-1-3-22(24)31(38)41)27-14-18-13-20(34)7-10-26(18)45-27/h1-15H,16H2,(H,36,40). The Bertz CT molecular complexity index is 2220. The topological polar surface area (TPSA) is 142 Å². The molecule has 0 atom stereocenters. The van der Waals surface area contributed by atoms with Gasteiger partial charge in [0.25, 0.3) is 11.5 Å². The number of furan rings is 1. The minimum Gasteiger partial charge on any atom is -0.476 e. The monoisotopic (exact) mass is 705 g/mol. The van der Waals surface area contributed by atoms with Crippen LogP contribution in [-0.4, -0.2) is 33.3 Å². The summed E-state index contributed by atoms with van der Waals surface area (Å²) in [6, 6.07) is 22.7. The number of rotatable bonds is 8. The third-order valence-electron chi connectivity index (χ3n) is 6.49. The van der Waals surface area contributed by atoms with Crippen molar-refractivity contribution in [2.75, 3.05) is 11.9 Å². The smallest absolute Gasteiger partial charge is 0.312 e. The molecular formula is C31H18BrCl2N5O6. The zero-order valence-electron chi connectivity index (χ0n) is 22.7. The maximum Gasteiger partial charge on any atom is 0.312 e. The molecule has 0 saturated heterocycles. The number of para-hydroxylation sites is 1. The molecule has 4 aromatic carbocycles. The lowest BCUT2D eigenvalue weighted by molar-refractivity contribution is -0.385. The molecule has 11 nitrogen and oxygen atoms in total. The van der Waals surface area contributed by atoms with Gasteiger partial charge in [-0.15, -0.1) is 0 Å². The van der Waals surface area contributed by atoms with Crippen LogP contribution in [0.5, 0.6) is 5.75 Å². The van der Waals surface area contributed by atoms with E-state index in [-0.39, 0.29) is 27.4 Å². The molecule has 0 unspecified atom stereocenters. The van der Waals surface area contributed by atoms with Crippen LogP contribution in [0.2, 0.25) is 10.0 Å². The molecule has 1 N–H and O–H groups in total. The molecule has 0 spiro atoms. The Kier molecular flexibility index (Phi) is 8.35. The first-order chi connectivity index (χ1) is 21.7. The van der Waals surface area contributed by atoms with E-state index in [1.165, 1.54) is 18.3 Å². The number of benzene rings is 4. The molecule has 0 bridgehead atoms. The van der Waals surface area contributed by atoms with E-state index >= 15 is 0 Å². The number of hydrogen-bond donors (Lipinski definition) is 1. The number of carbonyl (C=O) groups excluding carboxylic acids is 1. The Labute approximate surface area is 271 Å². The van der Waals surface area contributed by atoms with Crippen molar-refractivity contribution in [2.45, 2.75) is 0 Å². The first-order valence-electron chi connectivity index (χ1n) is 13.1. The minimum absolute atomic E-state index is 0.113. The highest BCUT2D eigenvalue weighted by molar-refractivity contribution is 9.10. The van der Waals surface area contributed by atoms with Crippen LogP contribution in [0.1, 0.15) is 5.56 Å². The molecule has 6 rings (SSSR count). The summed E-state index contributed by atoms with van der Waals surface area (Å²) in [7, 11) is 0. The summed E-state index contributed by atoms with van der Waals surface area (Å²) in [5.74, 6) is -0.315. The predicted molar refractivity (Wildman–Crippen MR) is 176 cm³/mol. The van der Waals surface area contributed by atoms with Crippen molar-refractivity contribution in [1.82, 2.24) is 9.66 Å². The zero-order chi connectivity index (χ0) is 31.7. The van der Waals surface area contributed by atoms with Crippen LogP contribution >= 0.6 is 39.1 Å². The van der Waals surface area contributed by atoms with E-state index in [0.717, 1.165) is 4.68 Å². The van der Waals surface area contributed by atoms with Gasteiger partial charge in [0.1, 0.15) is 5.58 Å². The van der Waals surface area contributed by atoms with Gasteiger partial charge in [0.05, 0.1) is 26.5 Å². The summed E-state index contributed by atoms with van der Waals surface area (Å²) in [5.41, 5.74) is 0.798. The molecule has 0 aliphatic heterocycles. The van der Waals surface area contributed by atoms with Crippen molar-refractivity contribution in [1.29, 1.82) is 0 Å². The zero-order valence-corrected chi connectivity index (χ0v) is 25.8. The van der Waals surface area contributed by atoms with E-state index in [1.54, 1.807) is 72.8 Å². The molecule has 0 aliphatic carbocycles. The van der Waals surface area contributed by atoms with E-state index < -0.39 is 28.7 Å². The number of halogens is 3. The van der Waals surface area contributed by atoms with Gasteiger partial charge < -0.3 is 14.5 Å². The molecule has 2 heterocycles. The summed E-state index contributed by atoms with van der Waals surface area (Å²) >= 11 is 15.3. The Balaban J connectivity index is 1.34. The quantitative estimate of drug-likeness (QED) is 0.0972. The second kappa shape index (κ2) is 12.5. The van der Waals surface area contributed by atoms with Gasteiger partial charge in [-0.3, -0.25) is 19.7 Å². The largest absolute Gasteiger partial charge is 0.476 e. The minimum atomic E-state index is -0.650. The third-order valence-corrected chi connectivity index (χ3v) is 7.57. The van der Waals surface area contributed by atoms with E-state index in [4.69, 9.17) is 32.4 Å². The molecule has 0 fully saturated rings. The highest BCUT2D eigenvalue weighted by Crippen LogP contribution is 2.36. The fourth-order valence-electron chi connectivity index (χ4n) is 4.46. The van der Waals surface area contributed by atoms with Crippen LogP contribution in [0.3, 0.4) is 0 Å². The number of nitrogens with zero attached hydrogens (tertiary/aromatic N) is 4. The lowest BCUT2D eigenvalue weighted by Crippen LogP contribution is -2.20. The van der Waals surface area contributed by atoms with Crippen molar-refractivity contribution in [3.05, 3.63) is 125 Å². The van der Waals surface area contributed by atoms with Crippen molar-refractivity contribution < 1.29 is 18.9 Å². The third kappa shape index (κ3) is 6.43. The van der Waals surface area contributed by atoms with Gasteiger partial charge in [-0.05, 0) is 82.7 Å². The average molecular weight is 707 g/mol. The van der Waals surface area contributed by atoms with Crippen molar-refractivity contribution in [3.63, 3.8) is 0 Å². The summed E-state index contributed by atoms with van der Waals surface area (Å²) in [5, 5.41) is 21.0. The number of amides is 1. The first kappa shape index (κ1) is 30.0. The number of nitrogens with one attached hydrogen (secondary N) is 1. The van der Waals surface area contributed by atoms with E-state index in [9.17, 15) is 19.7 Å². The van der Waals surface area contributed by atoms with Crippen LogP contribution in [0.25, 0.3) is 33.5 Å². The summed E-state index contributed by atoms with van der Waals surface area (Å²) in [4.78, 5) is 41.9. The van der Waals surface area contributed by atoms with Gasteiger partial charge in [-0.2, -0.15) is 9.78 Å². The molecule has 0 saturated carbocycles. The van der Waals surface area contributed by atoms with Crippen LogP contribution in [0.15, 0.2) is 104 Å². The van der Waals surface area contributed by atoms with Gasteiger partial charge in [0, 0.05) is 32.7 Å². The summed E-state index contributed by atoms with van der Waals surface area (Å²) < 4.78 is 12.8. The second-order valence-corrected chi connectivity index (χ2v) is 11.3. The van der Waals surface area contributed by atoms with Gasteiger partial charge in [-0.25, -0.2) is 4.98 Å². The van der Waals surface area contributed by atoms with Crippen LogP contribution in [0, 0.1) is 10.1 Å². The SMILES string of the molecule is O=C(COc1c(Br)cc(C=Nn2c(-c3cc4cc(Cl)ccc4o3)nc3ccccc3c2=O)cc1[N+](=O)[O-])Nc1ccc(Cl)cc1. The van der Waals surface area contributed by atoms with Crippen molar-refractivity contribution >= 4 is 84.5 Å². The Morgan fingerprint density at radius 2 is 1.82 bits per heavy atom. The molecular weight excluding hydrogens is 689 g/mol. The molecule has 45 heavy (non-hydrogen) atoms. The molecule has 14 heteroatoms.